The molecule has 2 nitrogen and oxygen atoms in total. The Bertz CT molecular complexity index is 166. The summed E-state index contributed by atoms with van der Waals surface area (Å²) in [6, 6.07) is 0. The normalized spacial score (nSPS) is 30.5. The number of hydrogen-bond acceptors (Lipinski definition) is 2. The minimum Gasteiger partial charge on any atom is -0.344 e. The first kappa shape index (κ1) is 10.5. The van der Waals surface area contributed by atoms with Crippen molar-refractivity contribution in [3.8, 4) is 0 Å². The van der Waals surface area contributed by atoms with Crippen molar-refractivity contribution in [1.82, 2.24) is 0 Å². The molecular formula is C9H17BrO2. The molecule has 0 aromatic carbocycles. The molecule has 0 amide bonds. The van der Waals surface area contributed by atoms with Crippen molar-refractivity contribution in [2.24, 2.45) is 0 Å². The van der Waals surface area contributed by atoms with E-state index in [-0.39, 0.29) is 22.3 Å². The Morgan fingerprint density at radius 2 is 1.67 bits per heavy atom. The fraction of sp³-hybridized carbons (Fsp3) is 1.00. The number of rotatable bonds is 2. The van der Waals surface area contributed by atoms with Crippen molar-refractivity contribution in [2.75, 3.05) is 0 Å². The first-order valence-corrected chi connectivity index (χ1v) is 5.02. The summed E-state index contributed by atoms with van der Waals surface area (Å²) < 4.78 is 11.0. The number of epoxide rings is 1. The Morgan fingerprint density at radius 3 is 1.92 bits per heavy atom. The summed E-state index contributed by atoms with van der Waals surface area (Å²) in [5, 5.41) is 0. The van der Waals surface area contributed by atoms with E-state index in [1.165, 1.54) is 0 Å². The predicted molar refractivity (Wildman–Crippen MR) is 52.5 cm³/mol. The van der Waals surface area contributed by atoms with E-state index in [1.807, 2.05) is 20.8 Å². The van der Waals surface area contributed by atoms with Crippen molar-refractivity contribution in [2.45, 2.75) is 56.9 Å². The summed E-state index contributed by atoms with van der Waals surface area (Å²) in [5.74, 6) is 0. The van der Waals surface area contributed by atoms with E-state index in [1.54, 1.807) is 0 Å². The molecule has 1 aliphatic heterocycles. The molecule has 3 heteroatoms. The van der Waals surface area contributed by atoms with Crippen molar-refractivity contribution in [3.05, 3.63) is 0 Å². The van der Waals surface area contributed by atoms with Gasteiger partial charge in [0.1, 0.15) is 6.10 Å². The Balaban J connectivity index is 2.35. The predicted octanol–water partition coefficient (Wildman–Crippen LogP) is 2.70. The van der Waals surface area contributed by atoms with Crippen molar-refractivity contribution < 1.29 is 9.47 Å². The Morgan fingerprint density at radius 1 is 1.17 bits per heavy atom. The van der Waals surface area contributed by atoms with Gasteiger partial charge >= 0.3 is 0 Å². The van der Waals surface area contributed by atoms with Crippen molar-refractivity contribution in [1.29, 1.82) is 0 Å². The second-order valence-corrected chi connectivity index (χ2v) is 6.76. The molecule has 0 radical (unpaired) electrons. The molecule has 0 aliphatic carbocycles. The largest absolute Gasteiger partial charge is 0.344 e. The van der Waals surface area contributed by atoms with Crippen LogP contribution in [0.2, 0.25) is 0 Å². The monoisotopic (exact) mass is 236 g/mol. The smallest absolute Gasteiger partial charge is 0.186 e. The minimum atomic E-state index is -0.113. The highest BCUT2D eigenvalue weighted by Gasteiger charge is 2.51. The summed E-state index contributed by atoms with van der Waals surface area (Å²) in [7, 11) is 0. The molecule has 1 aliphatic rings. The highest BCUT2D eigenvalue weighted by molar-refractivity contribution is 9.10. The molecule has 0 aromatic heterocycles. The summed E-state index contributed by atoms with van der Waals surface area (Å²) in [5.41, 5.74) is -0.113. The van der Waals surface area contributed by atoms with E-state index >= 15 is 0 Å². The van der Waals surface area contributed by atoms with Crippen LogP contribution in [0.3, 0.4) is 0 Å². The van der Waals surface area contributed by atoms with Crippen LogP contribution < -0.4 is 0 Å². The summed E-state index contributed by atoms with van der Waals surface area (Å²) in [6.07, 6.45) is 0.163. The van der Waals surface area contributed by atoms with Crippen LogP contribution in [-0.2, 0) is 9.47 Å². The van der Waals surface area contributed by atoms with Gasteiger partial charge in [-0.05, 0) is 34.6 Å². The molecule has 2 atom stereocenters. The highest BCUT2D eigenvalue weighted by Crippen LogP contribution is 2.40. The summed E-state index contributed by atoms with van der Waals surface area (Å²) in [6.45, 7) is 10.3. The molecule has 0 saturated carbocycles. The van der Waals surface area contributed by atoms with Crippen LogP contribution in [0.4, 0.5) is 0 Å². The third kappa shape index (κ3) is 3.04. The van der Waals surface area contributed by atoms with Gasteiger partial charge in [-0.3, -0.25) is 0 Å². The average Bonchev–Trinajstić information content (AvgIpc) is 2.37. The molecular weight excluding hydrogens is 220 g/mol. The maximum atomic E-state index is 5.64. The molecule has 1 rings (SSSR count). The Kier molecular flexibility index (Phi) is 2.59. The topological polar surface area (TPSA) is 21.8 Å². The quantitative estimate of drug-likeness (QED) is 0.544. The fourth-order valence-corrected chi connectivity index (χ4v) is 1.35. The Hall–Kier alpha value is 0.400. The summed E-state index contributed by atoms with van der Waals surface area (Å²) in [4.78, 5) is 0. The van der Waals surface area contributed by atoms with Gasteiger partial charge in [-0.2, -0.15) is 0 Å². The van der Waals surface area contributed by atoms with Crippen LogP contribution >= 0.6 is 15.9 Å². The van der Waals surface area contributed by atoms with E-state index in [9.17, 15) is 0 Å². The molecule has 1 saturated heterocycles. The molecule has 0 N–H and O–H groups in total. The van der Waals surface area contributed by atoms with Gasteiger partial charge in [0.05, 0.1) is 9.93 Å². The maximum Gasteiger partial charge on any atom is 0.186 e. The lowest BCUT2D eigenvalue weighted by molar-refractivity contribution is -0.0570. The fourth-order valence-electron chi connectivity index (χ4n) is 1.02. The van der Waals surface area contributed by atoms with E-state index in [4.69, 9.17) is 9.47 Å². The zero-order valence-corrected chi connectivity index (χ0v) is 9.94. The van der Waals surface area contributed by atoms with Gasteiger partial charge in [0.15, 0.2) is 6.29 Å². The van der Waals surface area contributed by atoms with Crippen LogP contribution in [0.5, 0.6) is 0 Å². The van der Waals surface area contributed by atoms with Crippen LogP contribution in [0.1, 0.15) is 34.6 Å². The first-order chi connectivity index (χ1) is 5.20. The van der Waals surface area contributed by atoms with E-state index in [0.29, 0.717) is 0 Å². The first-order valence-electron chi connectivity index (χ1n) is 4.22. The summed E-state index contributed by atoms with van der Waals surface area (Å²) >= 11 is 3.55. The molecule has 2 unspecified atom stereocenters. The maximum absolute atomic E-state index is 5.64. The average molecular weight is 237 g/mol. The van der Waals surface area contributed by atoms with Gasteiger partial charge < -0.3 is 9.47 Å². The van der Waals surface area contributed by atoms with Gasteiger partial charge in [-0.25, -0.2) is 0 Å². The third-order valence-corrected chi connectivity index (χ3v) is 2.05. The zero-order valence-electron chi connectivity index (χ0n) is 8.35. The van der Waals surface area contributed by atoms with Crippen LogP contribution in [-0.4, -0.2) is 22.3 Å². The number of halogens is 1. The SMILES string of the molecule is CC(C)(C)OC1OC1C(C)(C)Br. The lowest BCUT2D eigenvalue weighted by Gasteiger charge is -2.19. The van der Waals surface area contributed by atoms with Crippen LogP contribution in [0.25, 0.3) is 0 Å². The van der Waals surface area contributed by atoms with Crippen molar-refractivity contribution in [3.63, 3.8) is 0 Å². The number of ether oxygens (including phenoxy) is 2. The molecule has 0 bridgehead atoms. The zero-order chi connectivity index (χ0) is 9.57. The van der Waals surface area contributed by atoms with Gasteiger partial charge in [-0.1, -0.05) is 15.9 Å². The second kappa shape index (κ2) is 2.96. The van der Waals surface area contributed by atoms with Crippen molar-refractivity contribution >= 4 is 15.9 Å². The standard InChI is InChI=1S/C9H17BrO2/c1-8(2,3)12-7-6(11-7)9(4,5)10/h6-7H,1-5H3. The van der Waals surface area contributed by atoms with Crippen LogP contribution in [0, 0.1) is 0 Å². The molecule has 0 spiro atoms. The van der Waals surface area contributed by atoms with Gasteiger partial charge in [0.25, 0.3) is 0 Å². The van der Waals surface area contributed by atoms with E-state index in [2.05, 4.69) is 29.8 Å². The lowest BCUT2D eigenvalue weighted by Crippen LogP contribution is -2.27. The van der Waals surface area contributed by atoms with E-state index < -0.39 is 0 Å². The molecule has 0 aromatic rings. The third-order valence-electron chi connectivity index (χ3n) is 1.60. The number of hydrogen-bond donors (Lipinski definition) is 0. The second-order valence-electron chi connectivity index (χ2n) is 4.72. The highest BCUT2D eigenvalue weighted by atomic mass is 79.9. The number of alkyl halides is 1. The van der Waals surface area contributed by atoms with Crippen LogP contribution in [0.15, 0.2) is 0 Å². The minimum absolute atomic E-state index is 0.0168. The van der Waals surface area contributed by atoms with Gasteiger partial charge in [0, 0.05) is 0 Å². The van der Waals surface area contributed by atoms with E-state index in [0.717, 1.165) is 0 Å². The molecule has 12 heavy (non-hydrogen) atoms. The van der Waals surface area contributed by atoms with Gasteiger partial charge in [-0.15, -0.1) is 0 Å². The molecule has 1 fully saturated rings. The Labute approximate surface area is 82.7 Å². The lowest BCUT2D eigenvalue weighted by atomic mass is 10.1. The van der Waals surface area contributed by atoms with Gasteiger partial charge in [0.2, 0.25) is 0 Å². The molecule has 1 heterocycles. The molecule has 72 valence electrons.